The monoisotopic (exact) mass is 283 g/mol. The average Bonchev–Trinajstić information content (AvgIpc) is 2.87. The van der Waals surface area contributed by atoms with Gasteiger partial charge in [-0.25, -0.2) is 9.97 Å². The minimum atomic E-state index is 0.889. The van der Waals surface area contributed by atoms with E-state index in [2.05, 4.69) is 60.3 Å². The minimum absolute atomic E-state index is 0.889. The van der Waals surface area contributed by atoms with Crippen molar-refractivity contribution in [3.63, 3.8) is 0 Å². The summed E-state index contributed by atoms with van der Waals surface area (Å²) in [7, 11) is 0. The van der Waals surface area contributed by atoms with E-state index in [0.717, 1.165) is 28.1 Å². The molecule has 1 N–H and O–H groups in total. The summed E-state index contributed by atoms with van der Waals surface area (Å²) in [5.74, 6) is 0.889. The Morgan fingerprint density at radius 1 is 1.15 bits per heavy atom. The zero-order valence-corrected chi connectivity index (χ0v) is 12.7. The van der Waals surface area contributed by atoms with Gasteiger partial charge < -0.3 is 5.32 Å². The molecule has 4 heteroatoms. The van der Waals surface area contributed by atoms with Gasteiger partial charge in [0.2, 0.25) is 0 Å². The van der Waals surface area contributed by atoms with Gasteiger partial charge in [0, 0.05) is 10.6 Å². The molecule has 0 saturated heterocycles. The molecule has 0 aliphatic rings. The van der Waals surface area contributed by atoms with Crippen LogP contribution in [0.3, 0.4) is 0 Å². The van der Waals surface area contributed by atoms with Crippen molar-refractivity contribution in [2.24, 2.45) is 0 Å². The van der Waals surface area contributed by atoms with Crippen molar-refractivity contribution in [2.75, 3.05) is 5.32 Å². The van der Waals surface area contributed by atoms with E-state index >= 15 is 0 Å². The SMILES string of the molecule is CCc1cc2c(Nc3cc(C)ccc3C)ncnc2s1. The number of thiophene rings is 1. The van der Waals surface area contributed by atoms with Gasteiger partial charge in [-0.15, -0.1) is 11.3 Å². The Bertz CT molecular complexity index is 762. The first-order valence-corrected chi connectivity index (χ1v) is 7.56. The third kappa shape index (κ3) is 2.39. The van der Waals surface area contributed by atoms with Crippen LogP contribution in [0.1, 0.15) is 22.9 Å². The van der Waals surface area contributed by atoms with Gasteiger partial charge >= 0.3 is 0 Å². The van der Waals surface area contributed by atoms with Crippen LogP contribution in [-0.4, -0.2) is 9.97 Å². The molecule has 0 aliphatic heterocycles. The van der Waals surface area contributed by atoms with Gasteiger partial charge in [-0.1, -0.05) is 19.1 Å². The number of fused-ring (bicyclic) bond motifs is 1. The van der Waals surface area contributed by atoms with Crippen molar-refractivity contribution in [3.05, 3.63) is 46.6 Å². The molecule has 0 fully saturated rings. The van der Waals surface area contributed by atoms with Gasteiger partial charge in [0.25, 0.3) is 0 Å². The third-order valence-electron chi connectivity index (χ3n) is 3.38. The summed E-state index contributed by atoms with van der Waals surface area (Å²) >= 11 is 1.74. The van der Waals surface area contributed by atoms with E-state index in [9.17, 15) is 0 Å². The Hall–Kier alpha value is -1.94. The smallest absolute Gasteiger partial charge is 0.142 e. The molecule has 0 radical (unpaired) electrons. The fourth-order valence-electron chi connectivity index (χ4n) is 2.18. The Morgan fingerprint density at radius 2 is 2.00 bits per heavy atom. The van der Waals surface area contributed by atoms with Crippen LogP contribution in [0.25, 0.3) is 10.2 Å². The second kappa shape index (κ2) is 5.21. The topological polar surface area (TPSA) is 37.8 Å². The zero-order valence-electron chi connectivity index (χ0n) is 11.9. The van der Waals surface area contributed by atoms with Crippen molar-refractivity contribution >= 4 is 33.1 Å². The van der Waals surface area contributed by atoms with Gasteiger partial charge in [-0.3, -0.25) is 0 Å². The van der Waals surface area contributed by atoms with E-state index in [1.165, 1.54) is 16.0 Å². The fraction of sp³-hybridized carbons (Fsp3) is 0.250. The van der Waals surface area contributed by atoms with Gasteiger partial charge in [0.1, 0.15) is 17.0 Å². The largest absolute Gasteiger partial charge is 0.339 e. The number of anilines is 2. The van der Waals surface area contributed by atoms with Crippen LogP contribution < -0.4 is 5.32 Å². The van der Waals surface area contributed by atoms with Crippen molar-refractivity contribution in [1.82, 2.24) is 9.97 Å². The maximum atomic E-state index is 4.41. The molecule has 3 rings (SSSR count). The normalized spacial score (nSPS) is 10.9. The van der Waals surface area contributed by atoms with Crippen molar-refractivity contribution in [1.29, 1.82) is 0 Å². The van der Waals surface area contributed by atoms with Crippen LogP contribution in [-0.2, 0) is 6.42 Å². The number of aryl methyl sites for hydroxylation is 3. The molecular formula is C16H17N3S. The van der Waals surface area contributed by atoms with Crippen LogP contribution in [0.2, 0.25) is 0 Å². The van der Waals surface area contributed by atoms with E-state index in [4.69, 9.17) is 0 Å². The van der Waals surface area contributed by atoms with Gasteiger partial charge in [0.15, 0.2) is 0 Å². The molecule has 0 saturated carbocycles. The first-order valence-electron chi connectivity index (χ1n) is 6.75. The molecule has 0 bridgehead atoms. The standard InChI is InChI=1S/C16H17N3S/c1-4-12-8-13-15(17-9-18-16(13)20-12)19-14-7-10(2)5-6-11(14)3/h5-9H,4H2,1-3H3,(H,17,18,19). The highest BCUT2D eigenvalue weighted by atomic mass is 32.1. The lowest BCUT2D eigenvalue weighted by molar-refractivity contribution is 1.19. The van der Waals surface area contributed by atoms with E-state index in [0.29, 0.717) is 0 Å². The lowest BCUT2D eigenvalue weighted by Crippen LogP contribution is -1.97. The zero-order chi connectivity index (χ0) is 14.1. The van der Waals surface area contributed by atoms with Crippen LogP contribution >= 0.6 is 11.3 Å². The summed E-state index contributed by atoms with van der Waals surface area (Å²) in [6.45, 7) is 6.36. The summed E-state index contributed by atoms with van der Waals surface area (Å²) < 4.78 is 0. The molecule has 3 nitrogen and oxygen atoms in total. The Morgan fingerprint density at radius 3 is 2.80 bits per heavy atom. The van der Waals surface area contributed by atoms with E-state index < -0.39 is 0 Å². The first-order chi connectivity index (χ1) is 9.67. The Balaban J connectivity index is 2.06. The summed E-state index contributed by atoms with van der Waals surface area (Å²) in [6, 6.07) is 8.58. The molecule has 0 amide bonds. The van der Waals surface area contributed by atoms with Crippen molar-refractivity contribution < 1.29 is 0 Å². The molecule has 2 heterocycles. The minimum Gasteiger partial charge on any atom is -0.339 e. The number of rotatable bonds is 3. The predicted molar refractivity (Wildman–Crippen MR) is 86.0 cm³/mol. The van der Waals surface area contributed by atoms with Crippen molar-refractivity contribution in [3.8, 4) is 0 Å². The Kier molecular flexibility index (Phi) is 3.40. The highest BCUT2D eigenvalue weighted by Gasteiger charge is 2.09. The summed E-state index contributed by atoms with van der Waals surface area (Å²) in [4.78, 5) is 11.1. The lowest BCUT2D eigenvalue weighted by Gasteiger charge is -2.10. The molecule has 0 aliphatic carbocycles. The summed E-state index contributed by atoms with van der Waals surface area (Å²) in [6.07, 6.45) is 2.66. The lowest BCUT2D eigenvalue weighted by atomic mass is 10.1. The third-order valence-corrected chi connectivity index (χ3v) is 4.56. The molecule has 3 aromatic rings. The first kappa shape index (κ1) is 13.1. The van der Waals surface area contributed by atoms with Gasteiger partial charge in [-0.05, 0) is 43.5 Å². The number of aromatic nitrogens is 2. The molecule has 0 spiro atoms. The maximum absolute atomic E-state index is 4.41. The Labute approximate surface area is 122 Å². The predicted octanol–water partition coefficient (Wildman–Crippen LogP) is 4.61. The van der Waals surface area contributed by atoms with E-state index in [-0.39, 0.29) is 0 Å². The molecular weight excluding hydrogens is 266 g/mol. The van der Waals surface area contributed by atoms with Crippen LogP contribution in [0.4, 0.5) is 11.5 Å². The number of nitrogens with one attached hydrogen (secondary N) is 1. The second-order valence-electron chi connectivity index (χ2n) is 4.95. The molecule has 2 aromatic heterocycles. The quantitative estimate of drug-likeness (QED) is 0.762. The number of hydrogen-bond donors (Lipinski definition) is 1. The molecule has 0 unspecified atom stereocenters. The molecule has 1 aromatic carbocycles. The highest BCUT2D eigenvalue weighted by Crippen LogP contribution is 2.31. The van der Waals surface area contributed by atoms with Crippen molar-refractivity contribution in [2.45, 2.75) is 27.2 Å². The number of hydrogen-bond acceptors (Lipinski definition) is 4. The maximum Gasteiger partial charge on any atom is 0.142 e. The molecule has 0 atom stereocenters. The van der Waals surface area contributed by atoms with Crippen LogP contribution in [0.15, 0.2) is 30.6 Å². The van der Waals surface area contributed by atoms with Gasteiger partial charge in [-0.2, -0.15) is 0 Å². The van der Waals surface area contributed by atoms with E-state index in [1.807, 2.05) is 0 Å². The highest BCUT2D eigenvalue weighted by molar-refractivity contribution is 7.18. The molecule has 102 valence electrons. The average molecular weight is 283 g/mol. The molecule has 20 heavy (non-hydrogen) atoms. The number of benzene rings is 1. The van der Waals surface area contributed by atoms with Crippen LogP contribution in [0, 0.1) is 13.8 Å². The summed E-state index contributed by atoms with van der Waals surface area (Å²) in [5.41, 5.74) is 3.56. The van der Waals surface area contributed by atoms with E-state index in [1.54, 1.807) is 17.7 Å². The summed E-state index contributed by atoms with van der Waals surface area (Å²) in [5, 5.41) is 4.56. The number of nitrogens with zero attached hydrogens (tertiary/aromatic N) is 2. The second-order valence-corrected chi connectivity index (χ2v) is 6.07. The fourth-order valence-corrected chi connectivity index (χ4v) is 3.11. The van der Waals surface area contributed by atoms with Crippen LogP contribution in [0.5, 0.6) is 0 Å². The van der Waals surface area contributed by atoms with Gasteiger partial charge in [0.05, 0.1) is 5.39 Å².